The van der Waals surface area contributed by atoms with Crippen LogP contribution in [0.1, 0.15) is 5.69 Å². The minimum Gasteiger partial charge on any atom is -0.480 e. The van der Waals surface area contributed by atoms with E-state index in [9.17, 15) is 10.1 Å². The van der Waals surface area contributed by atoms with Crippen LogP contribution in [0.4, 0.5) is 17.2 Å². The molecule has 28 heavy (non-hydrogen) atoms. The molecule has 1 aliphatic rings. The predicted octanol–water partition coefficient (Wildman–Crippen LogP) is 2.58. The standard InChI is InChI=1S/C19H20N6O3/c1-13-10-16(14-4-3-5-15(25(26)27)19(14)21-13)23-6-8-24(9-7-23)17-11-20-12-18(22-17)28-2/h3-5,10-12H,6-9H2,1-2H3. The summed E-state index contributed by atoms with van der Waals surface area (Å²) in [5.41, 5.74) is 2.21. The van der Waals surface area contributed by atoms with Crippen molar-refractivity contribution in [1.29, 1.82) is 0 Å². The summed E-state index contributed by atoms with van der Waals surface area (Å²) in [6, 6.07) is 7.10. The average Bonchev–Trinajstić information content (AvgIpc) is 2.72. The highest BCUT2D eigenvalue weighted by molar-refractivity contribution is 5.97. The van der Waals surface area contributed by atoms with Crippen molar-refractivity contribution in [3.8, 4) is 5.88 Å². The smallest absolute Gasteiger partial charge is 0.295 e. The first-order chi connectivity index (χ1) is 13.6. The maximum absolute atomic E-state index is 11.4. The average molecular weight is 380 g/mol. The number of hydrogen-bond acceptors (Lipinski definition) is 8. The van der Waals surface area contributed by atoms with E-state index in [2.05, 4.69) is 24.8 Å². The van der Waals surface area contributed by atoms with Crippen molar-refractivity contribution in [1.82, 2.24) is 15.0 Å². The maximum atomic E-state index is 11.4. The van der Waals surface area contributed by atoms with E-state index in [4.69, 9.17) is 4.74 Å². The lowest BCUT2D eigenvalue weighted by atomic mass is 10.1. The van der Waals surface area contributed by atoms with Crippen molar-refractivity contribution >= 4 is 28.1 Å². The summed E-state index contributed by atoms with van der Waals surface area (Å²) in [4.78, 5) is 28.4. The summed E-state index contributed by atoms with van der Waals surface area (Å²) >= 11 is 0. The molecule has 0 radical (unpaired) electrons. The van der Waals surface area contributed by atoms with Gasteiger partial charge in [-0.3, -0.25) is 15.1 Å². The highest BCUT2D eigenvalue weighted by Gasteiger charge is 2.23. The Balaban J connectivity index is 1.62. The fraction of sp³-hybridized carbons (Fsp3) is 0.316. The lowest BCUT2D eigenvalue weighted by Gasteiger charge is -2.37. The summed E-state index contributed by atoms with van der Waals surface area (Å²) < 4.78 is 5.16. The maximum Gasteiger partial charge on any atom is 0.295 e. The molecule has 0 unspecified atom stereocenters. The van der Waals surface area contributed by atoms with E-state index in [0.717, 1.165) is 48.8 Å². The fourth-order valence-corrected chi connectivity index (χ4v) is 3.51. The van der Waals surface area contributed by atoms with Gasteiger partial charge in [-0.05, 0) is 13.0 Å². The lowest BCUT2D eigenvalue weighted by Crippen LogP contribution is -2.47. The number of pyridine rings is 1. The topological polar surface area (TPSA) is 97.5 Å². The van der Waals surface area contributed by atoms with Crippen LogP contribution in [0.15, 0.2) is 36.7 Å². The number of aromatic nitrogens is 3. The Morgan fingerprint density at radius 3 is 2.57 bits per heavy atom. The Labute approximate surface area is 161 Å². The van der Waals surface area contributed by atoms with Crippen LogP contribution in [0.3, 0.4) is 0 Å². The van der Waals surface area contributed by atoms with Crippen LogP contribution in [-0.2, 0) is 0 Å². The largest absolute Gasteiger partial charge is 0.480 e. The number of ether oxygens (including phenoxy) is 1. The normalized spacial score (nSPS) is 14.4. The van der Waals surface area contributed by atoms with E-state index < -0.39 is 0 Å². The summed E-state index contributed by atoms with van der Waals surface area (Å²) in [5.74, 6) is 1.27. The van der Waals surface area contributed by atoms with Gasteiger partial charge in [-0.25, -0.2) is 4.98 Å². The van der Waals surface area contributed by atoms with E-state index >= 15 is 0 Å². The molecular weight excluding hydrogens is 360 g/mol. The molecule has 0 N–H and O–H groups in total. The number of aryl methyl sites for hydroxylation is 1. The van der Waals surface area contributed by atoms with Gasteiger partial charge in [0.1, 0.15) is 0 Å². The molecule has 2 aromatic heterocycles. The number of non-ortho nitro benzene ring substituents is 1. The van der Waals surface area contributed by atoms with Gasteiger partial charge in [0, 0.05) is 49.0 Å². The van der Waals surface area contributed by atoms with E-state index in [-0.39, 0.29) is 10.6 Å². The molecule has 0 bridgehead atoms. The first kappa shape index (κ1) is 17.9. The van der Waals surface area contributed by atoms with Gasteiger partial charge < -0.3 is 14.5 Å². The number of para-hydroxylation sites is 1. The number of nitrogens with zero attached hydrogens (tertiary/aromatic N) is 6. The third kappa shape index (κ3) is 3.26. The SMILES string of the molecule is COc1cncc(N2CCN(c3cc(C)nc4c([N+](=O)[O-])cccc34)CC2)n1. The third-order valence-electron chi connectivity index (χ3n) is 4.87. The number of nitro benzene ring substituents is 1. The molecule has 1 fully saturated rings. The van der Waals surface area contributed by atoms with E-state index in [0.29, 0.717) is 11.4 Å². The Kier molecular flexibility index (Phi) is 4.64. The second kappa shape index (κ2) is 7.26. The Morgan fingerprint density at radius 2 is 1.86 bits per heavy atom. The van der Waals surface area contributed by atoms with Gasteiger partial charge >= 0.3 is 0 Å². The van der Waals surface area contributed by atoms with Crippen molar-refractivity contribution in [2.24, 2.45) is 0 Å². The van der Waals surface area contributed by atoms with Crippen molar-refractivity contribution in [2.75, 3.05) is 43.1 Å². The lowest BCUT2D eigenvalue weighted by molar-refractivity contribution is -0.383. The highest BCUT2D eigenvalue weighted by atomic mass is 16.6. The molecule has 0 saturated carbocycles. The minimum atomic E-state index is -0.377. The van der Waals surface area contributed by atoms with Crippen molar-refractivity contribution < 1.29 is 9.66 Å². The van der Waals surface area contributed by atoms with E-state index in [1.807, 2.05) is 19.1 Å². The molecule has 9 nitrogen and oxygen atoms in total. The molecule has 0 aliphatic carbocycles. The van der Waals surface area contributed by atoms with Gasteiger partial charge in [0.15, 0.2) is 11.3 Å². The van der Waals surface area contributed by atoms with Crippen LogP contribution < -0.4 is 14.5 Å². The summed E-state index contributed by atoms with van der Waals surface area (Å²) in [6.07, 6.45) is 3.31. The number of benzene rings is 1. The molecule has 9 heteroatoms. The van der Waals surface area contributed by atoms with Crippen molar-refractivity contribution in [3.05, 3.63) is 52.5 Å². The van der Waals surface area contributed by atoms with Crippen LogP contribution in [0.25, 0.3) is 10.9 Å². The van der Waals surface area contributed by atoms with Crippen LogP contribution in [0, 0.1) is 17.0 Å². The summed E-state index contributed by atoms with van der Waals surface area (Å²) in [5, 5.41) is 12.2. The first-order valence-corrected chi connectivity index (χ1v) is 8.97. The molecule has 0 spiro atoms. The molecule has 3 aromatic rings. The van der Waals surface area contributed by atoms with Gasteiger partial charge in [0.2, 0.25) is 5.88 Å². The van der Waals surface area contributed by atoms with Gasteiger partial charge in [-0.2, -0.15) is 4.98 Å². The number of nitro groups is 1. The van der Waals surface area contributed by atoms with Crippen molar-refractivity contribution in [2.45, 2.75) is 6.92 Å². The van der Waals surface area contributed by atoms with Crippen LogP contribution >= 0.6 is 0 Å². The molecule has 0 atom stereocenters. The monoisotopic (exact) mass is 380 g/mol. The quantitative estimate of drug-likeness (QED) is 0.503. The molecule has 144 valence electrons. The molecule has 1 saturated heterocycles. The minimum absolute atomic E-state index is 0.0349. The van der Waals surface area contributed by atoms with Gasteiger partial charge in [-0.15, -0.1) is 0 Å². The highest BCUT2D eigenvalue weighted by Crippen LogP contribution is 2.32. The number of rotatable bonds is 4. The second-order valence-electron chi connectivity index (χ2n) is 6.61. The Hall–Kier alpha value is -3.49. The molecule has 1 aliphatic heterocycles. The summed E-state index contributed by atoms with van der Waals surface area (Å²) in [6.45, 7) is 4.92. The Morgan fingerprint density at radius 1 is 1.11 bits per heavy atom. The second-order valence-corrected chi connectivity index (χ2v) is 6.61. The van der Waals surface area contributed by atoms with Gasteiger partial charge in [0.25, 0.3) is 5.69 Å². The van der Waals surface area contributed by atoms with E-state index in [1.165, 1.54) is 6.07 Å². The first-order valence-electron chi connectivity index (χ1n) is 8.97. The zero-order chi connectivity index (χ0) is 19.7. The number of fused-ring (bicyclic) bond motifs is 1. The molecule has 3 heterocycles. The zero-order valence-corrected chi connectivity index (χ0v) is 15.7. The van der Waals surface area contributed by atoms with E-state index in [1.54, 1.807) is 25.6 Å². The number of hydrogen-bond donors (Lipinski definition) is 0. The molecule has 1 aromatic carbocycles. The molecule has 0 amide bonds. The Bertz CT molecular complexity index is 1030. The third-order valence-corrected chi connectivity index (χ3v) is 4.87. The van der Waals surface area contributed by atoms with Gasteiger partial charge in [-0.1, -0.05) is 12.1 Å². The number of anilines is 2. The van der Waals surface area contributed by atoms with Crippen LogP contribution in [0.2, 0.25) is 0 Å². The van der Waals surface area contributed by atoms with Crippen molar-refractivity contribution in [3.63, 3.8) is 0 Å². The molecular formula is C19H20N6O3. The number of piperazine rings is 1. The number of methoxy groups -OCH3 is 1. The zero-order valence-electron chi connectivity index (χ0n) is 15.7. The van der Waals surface area contributed by atoms with Crippen LogP contribution in [0.5, 0.6) is 5.88 Å². The summed E-state index contributed by atoms with van der Waals surface area (Å²) in [7, 11) is 1.57. The molecule has 4 rings (SSSR count). The predicted molar refractivity (Wildman–Crippen MR) is 106 cm³/mol. The fourth-order valence-electron chi connectivity index (χ4n) is 3.51. The van der Waals surface area contributed by atoms with Gasteiger partial charge in [0.05, 0.1) is 24.4 Å². The van der Waals surface area contributed by atoms with Crippen LogP contribution in [-0.4, -0.2) is 53.2 Å².